The minimum Gasteiger partial charge on any atom is -0.457 e. The number of nitrogens with one attached hydrogen (secondary N) is 1. The zero-order valence-corrected chi connectivity index (χ0v) is 24.5. The molecule has 0 atom stereocenters. The maximum Gasteiger partial charge on any atom is 0.417 e. The molecule has 4 aromatic carbocycles. The van der Waals surface area contributed by atoms with Crippen LogP contribution in [0.1, 0.15) is 52.5 Å². The monoisotopic (exact) mass is 630 g/mol. The number of ether oxygens (including phenoxy) is 1. The van der Waals surface area contributed by atoms with E-state index in [0.717, 1.165) is 17.0 Å². The summed E-state index contributed by atoms with van der Waals surface area (Å²) in [5.41, 5.74) is -2.22. The Labute approximate surface area is 260 Å². The fraction of sp³-hybridized carbons (Fsp3) is 0.152. The number of carbonyl (C=O) groups is 2. The SMILES string of the molecule is CC1(C)C(=O)N(c2ccc(C#N)c(C(F)(F)F)c2)C(=S)N1c1ccc(C(=O)NC2c3ccccc3Oc3ccccc32)c(F)c1. The Morgan fingerprint density at radius 2 is 1.56 bits per heavy atom. The molecule has 1 fully saturated rings. The van der Waals surface area contributed by atoms with Gasteiger partial charge in [-0.3, -0.25) is 14.5 Å². The molecule has 7 nitrogen and oxygen atoms in total. The average Bonchev–Trinajstić information content (AvgIpc) is 3.18. The summed E-state index contributed by atoms with van der Waals surface area (Å²) in [6, 6.07) is 21.8. The van der Waals surface area contributed by atoms with Gasteiger partial charge in [-0.1, -0.05) is 36.4 Å². The molecule has 45 heavy (non-hydrogen) atoms. The van der Waals surface area contributed by atoms with Gasteiger partial charge in [-0.25, -0.2) is 4.39 Å². The molecule has 4 aromatic rings. The zero-order chi connectivity index (χ0) is 32.3. The van der Waals surface area contributed by atoms with Gasteiger partial charge >= 0.3 is 6.18 Å². The number of benzene rings is 4. The summed E-state index contributed by atoms with van der Waals surface area (Å²) in [4.78, 5) is 29.2. The van der Waals surface area contributed by atoms with Crippen molar-refractivity contribution in [1.29, 1.82) is 5.26 Å². The van der Waals surface area contributed by atoms with Crippen LogP contribution in [0, 0.1) is 17.1 Å². The summed E-state index contributed by atoms with van der Waals surface area (Å²) >= 11 is 5.53. The van der Waals surface area contributed by atoms with Crippen molar-refractivity contribution in [2.75, 3.05) is 9.80 Å². The van der Waals surface area contributed by atoms with Gasteiger partial charge in [0.05, 0.1) is 34.5 Å². The fourth-order valence-corrected chi connectivity index (χ4v) is 6.08. The number of anilines is 2. The molecule has 0 radical (unpaired) electrons. The molecule has 12 heteroatoms. The molecule has 0 unspecified atom stereocenters. The van der Waals surface area contributed by atoms with Gasteiger partial charge in [-0.15, -0.1) is 0 Å². The Morgan fingerprint density at radius 1 is 0.956 bits per heavy atom. The minimum absolute atomic E-state index is 0.112. The zero-order valence-electron chi connectivity index (χ0n) is 23.6. The first kappa shape index (κ1) is 29.8. The molecule has 2 heterocycles. The van der Waals surface area contributed by atoms with Gasteiger partial charge in [0, 0.05) is 16.8 Å². The second-order valence-electron chi connectivity index (χ2n) is 10.9. The molecule has 6 rings (SSSR count). The number of nitrogens with zero attached hydrogens (tertiary/aromatic N) is 3. The number of thiocarbonyl (C=S) groups is 1. The van der Waals surface area contributed by atoms with Gasteiger partial charge in [0.15, 0.2) is 5.11 Å². The molecule has 0 spiro atoms. The Hall–Kier alpha value is -5.28. The molecule has 0 saturated carbocycles. The number of hydrogen-bond acceptors (Lipinski definition) is 5. The number of hydrogen-bond donors (Lipinski definition) is 1. The summed E-state index contributed by atoms with van der Waals surface area (Å²) in [6.07, 6.45) is -4.85. The average molecular weight is 631 g/mol. The topological polar surface area (TPSA) is 85.7 Å². The van der Waals surface area contributed by atoms with Crippen LogP contribution in [-0.4, -0.2) is 22.5 Å². The first-order valence-electron chi connectivity index (χ1n) is 13.6. The molecule has 0 aromatic heterocycles. The van der Waals surface area contributed by atoms with Gasteiger partial charge in [0.1, 0.15) is 22.9 Å². The first-order valence-corrected chi connectivity index (χ1v) is 14.0. The predicted octanol–water partition coefficient (Wildman–Crippen LogP) is 7.26. The lowest BCUT2D eigenvalue weighted by Gasteiger charge is -2.30. The van der Waals surface area contributed by atoms with Crippen molar-refractivity contribution in [3.63, 3.8) is 0 Å². The van der Waals surface area contributed by atoms with Crippen molar-refractivity contribution in [3.05, 3.63) is 119 Å². The van der Waals surface area contributed by atoms with Crippen LogP contribution in [0.3, 0.4) is 0 Å². The van der Waals surface area contributed by atoms with E-state index < -0.39 is 46.5 Å². The van der Waals surface area contributed by atoms with Gasteiger partial charge in [-0.2, -0.15) is 18.4 Å². The van der Waals surface area contributed by atoms with Gasteiger partial charge in [0.25, 0.3) is 11.8 Å². The van der Waals surface area contributed by atoms with Crippen molar-refractivity contribution < 1.29 is 31.9 Å². The van der Waals surface area contributed by atoms with Crippen molar-refractivity contribution in [2.45, 2.75) is 31.6 Å². The molecular formula is C33H22F4N4O3S. The number of alkyl halides is 3. The van der Waals surface area contributed by atoms with Crippen molar-refractivity contribution in [2.24, 2.45) is 0 Å². The minimum atomic E-state index is -4.85. The largest absolute Gasteiger partial charge is 0.457 e. The molecule has 0 aliphatic carbocycles. The molecule has 2 amide bonds. The normalized spacial score (nSPS) is 15.7. The van der Waals surface area contributed by atoms with Crippen LogP contribution in [0.4, 0.5) is 28.9 Å². The van der Waals surface area contributed by atoms with E-state index in [1.807, 2.05) is 0 Å². The molecule has 2 aliphatic heterocycles. The highest BCUT2D eigenvalue weighted by Gasteiger charge is 2.51. The number of para-hydroxylation sites is 2. The quantitative estimate of drug-likeness (QED) is 0.189. The molecule has 0 bridgehead atoms. The Balaban J connectivity index is 1.31. The smallest absolute Gasteiger partial charge is 0.417 e. The van der Waals surface area contributed by atoms with E-state index in [4.69, 9.17) is 22.2 Å². The van der Waals surface area contributed by atoms with Crippen molar-refractivity contribution in [3.8, 4) is 17.6 Å². The molecule has 1 N–H and O–H groups in total. The maximum atomic E-state index is 15.7. The Kier molecular flexibility index (Phi) is 7.09. The third kappa shape index (κ3) is 4.95. The maximum absolute atomic E-state index is 15.7. The Bertz CT molecular complexity index is 1910. The number of halogens is 4. The summed E-state index contributed by atoms with van der Waals surface area (Å²) in [5.74, 6) is -1.15. The van der Waals surface area contributed by atoms with Gasteiger partial charge in [0.2, 0.25) is 0 Å². The van der Waals surface area contributed by atoms with Crippen molar-refractivity contribution >= 4 is 40.5 Å². The number of nitriles is 1. The van der Waals surface area contributed by atoms with Crippen LogP contribution in [0.25, 0.3) is 0 Å². The van der Waals surface area contributed by atoms with E-state index >= 15 is 4.39 Å². The second-order valence-corrected chi connectivity index (χ2v) is 11.3. The summed E-state index contributed by atoms with van der Waals surface area (Å²) in [5, 5.41) is 11.8. The standard InChI is InChI=1S/C33H22F4N4O3S/c1-32(2)30(43)40(19-12-11-18(17-38)24(15-19)33(35,36)37)31(45)41(32)20-13-14-21(25(34)16-20)29(42)39-28-22-7-3-5-9-26(22)44-27-10-6-4-8-23(27)28/h3-16,28H,1-2H3,(H,39,42). The van der Waals surface area contributed by atoms with Crippen LogP contribution >= 0.6 is 12.2 Å². The first-order chi connectivity index (χ1) is 21.3. The second kappa shape index (κ2) is 10.7. The third-order valence-corrected chi connectivity index (χ3v) is 8.13. The Morgan fingerprint density at radius 3 is 2.13 bits per heavy atom. The predicted molar refractivity (Wildman–Crippen MR) is 161 cm³/mol. The van der Waals surface area contributed by atoms with Gasteiger partial charge in [-0.05, 0) is 74.6 Å². The summed E-state index contributed by atoms with van der Waals surface area (Å²) in [7, 11) is 0. The highest BCUT2D eigenvalue weighted by molar-refractivity contribution is 7.81. The van der Waals surface area contributed by atoms with Gasteiger partial charge < -0.3 is 15.0 Å². The van der Waals surface area contributed by atoms with E-state index in [1.54, 1.807) is 48.5 Å². The van der Waals surface area contributed by atoms with E-state index in [2.05, 4.69) is 5.32 Å². The molecule has 1 saturated heterocycles. The van der Waals surface area contributed by atoms with Crippen LogP contribution < -0.4 is 19.9 Å². The van der Waals surface area contributed by atoms with E-state index in [0.29, 0.717) is 28.7 Å². The van der Waals surface area contributed by atoms with Crippen LogP contribution in [0.5, 0.6) is 11.5 Å². The lowest BCUT2D eigenvalue weighted by molar-refractivity contribution is -0.137. The van der Waals surface area contributed by atoms with Crippen LogP contribution in [0.2, 0.25) is 0 Å². The third-order valence-electron chi connectivity index (χ3n) is 7.77. The lowest BCUT2D eigenvalue weighted by Crippen LogP contribution is -2.44. The van der Waals surface area contributed by atoms with Crippen molar-refractivity contribution in [1.82, 2.24) is 5.32 Å². The highest BCUT2D eigenvalue weighted by atomic mass is 32.1. The van der Waals surface area contributed by atoms with E-state index in [-0.39, 0.29) is 22.1 Å². The number of fused-ring (bicyclic) bond motifs is 2. The van der Waals surface area contributed by atoms with E-state index in [1.165, 1.54) is 43.0 Å². The molecule has 2 aliphatic rings. The summed E-state index contributed by atoms with van der Waals surface area (Å²) in [6.45, 7) is 2.99. The van der Waals surface area contributed by atoms with Crippen LogP contribution in [-0.2, 0) is 11.0 Å². The highest BCUT2D eigenvalue weighted by Crippen LogP contribution is 2.43. The molecule has 226 valence electrons. The fourth-order valence-electron chi connectivity index (χ4n) is 5.56. The number of carbonyl (C=O) groups excluding carboxylic acids is 2. The van der Waals surface area contributed by atoms with E-state index in [9.17, 15) is 22.8 Å². The molecular weight excluding hydrogens is 608 g/mol. The lowest BCUT2D eigenvalue weighted by atomic mass is 9.94. The van der Waals surface area contributed by atoms with Crippen LogP contribution in [0.15, 0.2) is 84.9 Å². The number of rotatable bonds is 4. The summed E-state index contributed by atoms with van der Waals surface area (Å²) < 4.78 is 62.6. The number of amides is 2.